The predicted molar refractivity (Wildman–Crippen MR) is 103 cm³/mol. The van der Waals surface area contributed by atoms with Crippen LogP contribution in [0.1, 0.15) is 44.5 Å². The summed E-state index contributed by atoms with van der Waals surface area (Å²) in [6, 6.07) is 7.43. The number of anilines is 1. The number of hydrogen-bond donors (Lipinski definition) is 2. The Labute approximate surface area is 161 Å². The fourth-order valence-electron chi connectivity index (χ4n) is 2.52. The van der Waals surface area contributed by atoms with E-state index < -0.39 is 11.9 Å². The van der Waals surface area contributed by atoms with Gasteiger partial charge in [-0.2, -0.15) is 0 Å². The van der Waals surface area contributed by atoms with E-state index in [0.29, 0.717) is 12.0 Å². The number of methoxy groups -OCH3 is 1. The molecule has 0 radical (unpaired) electrons. The molecule has 3 N–H and O–H groups in total. The number of nitrogens with two attached hydrogens (primary N) is 1. The minimum atomic E-state index is -0.651. The van der Waals surface area contributed by atoms with Gasteiger partial charge < -0.3 is 20.5 Å². The van der Waals surface area contributed by atoms with Gasteiger partial charge in [-0.05, 0) is 43.5 Å². The van der Waals surface area contributed by atoms with Crippen LogP contribution in [0.2, 0.25) is 0 Å². The largest absolute Gasteiger partial charge is 0.497 e. The number of carbonyl (C=O) groups excluding carboxylic acids is 3. The summed E-state index contributed by atoms with van der Waals surface area (Å²) in [5.74, 6) is -0.769. The van der Waals surface area contributed by atoms with Crippen LogP contribution in [0, 0.1) is 6.92 Å². The van der Waals surface area contributed by atoms with Crippen LogP contribution in [0.3, 0.4) is 0 Å². The molecular formula is C19H22N2O5S. The molecule has 0 aliphatic heterocycles. The zero-order chi connectivity index (χ0) is 20.0. The molecule has 0 saturated carbocycles. The lowest BCUT2D eigenvalue weighted by atomic mass is 10.1. The Kier molecular flexibility index (Phi) is 6.95. The quantitative estimate of drug-likeness (QED) is 0.674. The molecule has 2 amide bonds. The summed E-state index contributed by atoms with van der Waals surface area (Å²) in [5.41, 5.74) is 6.93. The second-order valence-corrected chi connectivity index (χ2v) is 6.76. The van der Waals surface area contributed by atoms with Gasteiger partial charge in [-0.1, -0.05) is 12.1 Å². The van der Waals surface area contributed by atoms with Crippen molar-refractivity contribution >= 4 is 34.1 Å². The summed E-state index contributed by atoms with van der Waals surface area (Å²) in [4.78, 5) is 36.3. The summed E-state index contributed by atoms with van der Waals surface area (Å²) in [7, 11) is 1.59. The highest BCUT2D eigenvalue weighted by Gasteiger charge is 2.25. The molecule has 0 atom stereocenters. The number of carbonyl (C=O) groups is 3. The monoisotopic (exact) mass is 390 g/mol. The van der Waals surface area contributed by atoms with Crippen molar-refractivity contribution in [2.24, 2.45) is 5.73 Å². The zero-order valence-electron chi connectivity index (χ0n) is 15.5. The molecule has 7 nitrogen and oxygen atoms in total. The zero-order valence-corrected chi connectivity index (χ0v) is 16.3. The van der Waals surface area contributed by atoms with E-state index in [2.05, 4.69) is 5.32 Å². The van der Waals surface area contributed by atoms with E-state index >= 15 is 0 Å². The molecule has 2 aromatic rings. The SMILES string of the molecule is CCOC(=O)c1c(NC(=O)CCc2ccc(OC)cc2)sc(C(N)=O)c1C. The number of benzene rings is 1. The number of thiophene rings is 1. The van der Waals surface area contributed by atoms with Crippen molar-refractivity contribution in [2.75, 3.05) is 19.0 Å². The van der Waals surface area contributed by atoms with Crippen molar-refractivity contribution < 1.29 is 23.9 Å². The standard InChI is InChI=1S/C19H22N2O5S/c1-4-26-19(24)15-11(2)16(17(20)23)27-18(15)21-14(22)10-7-12-5-8-13(25-3)9-6-12/h5-6,8-9H,4,7,10H2,1-3H3,(H2,20,23)(H,21,22). The number of hydrogen-bond acceptors (Lipinski definition) is 6. The summed E-state index contributed by atoms with van der Waals surface area (Å²) >= 11 is 0.979. The third-order valence-corrected chi connectivity index (χ3v) is 5.12. The second kappa shape index (κ2) is 9.18. The third-order valence-electron chi connectivity index (χ3n) is 3.90. The lowest BCUT2D eigenvalue weighted by Gasteiger charge is -2.07. The highest BCUT2D eigenvalue weighted by Crippen LogP contribution is 2.33. The lowest BCUT2D eigenvalue weighted by molar-refractivity contribution is -0.116. The molecule has 144 valence electrons. The number of nitrogens with one attached hydrogen (secondary N) is 1. The maximum atomic E-state index is 12.3. The van der Waals surface area contributed by atoms with Crippen LogP contribution >= 0.6 is 11.3 Å². The van der Waals surface area contributed by atoms with Gasteiger partial charge in [-0.25, -0.2) is 4.79 Å². The first-order valence-electron chi connectivity index (χ1n) is 8.40. The van der Waals surface area contributed by atoms with Crippen LogP contribution in [-0.2, 0) is 16.0 Å². The number of aryl methyl sites for hydroxylation is 1. The van der Waals surface area contributed by atoms with E-state index in [4.69, 9.17) is 15.2 Å². The molecule has 0 aliphatic rings. The molecule has 27 heavy (non-hydrogen) atoms. The number of ether oxygens (including phenoxy) is 2. The average Bonchev–Trinajstić information content (AvgIpc) is 2.97. The highest BCUT2D eigenvalue weighted by atomic mass is 32.1. The molecule has 1 aromatic heterocycles. The third kappa shape index (κ3) is 5.07. The summed E-state index contributed by atoms with van der Waals surface area (Å²) in [5, 5.41) is 2.98. The maximum Gasteiger partial charge on any atom is 0.341 e. The van der Waals surface area contributed by atoms with E-state index in [1.165, 1.54) is 0 Å². The molecule has 1 heterocycles. The molecular weight excluding hydrogens is 368 g/mol. The van der Waals surface area contributed by atoms with Crippen molar-refractivity contribution in [3.05, 3.63) is 45.8 Å². The Hall–Kier alpha value is -2.87. The Morgan fingerprint density at radius 2 is 1.85 bits per heavy atom. The van der Waals surface area contributed by atoms with Crippen LogP contribution in [0.25, 0.3) is 0 Å². The molecule has 0 fully saturated rings. The molecule has 8 heteroatoms. The first kappa shape index (κ1) is 20.4. The van der Waals surface area contributed by atoms with Crippen molar-refractivity contribution in [1.29, 1.82) is 0 Å². The number of amides is 2. The van der Waals surface area contributed by atoms with E-state index in [-0.39, 0.29) is 34.4 Å². The maximum absolute atomic E-state index is 12.3. The minimum absolute atomic E-state index is 0.174. The molecule has 0 unspecified atom stereocenters. The van der Waals surface area contributed by atoms with Crippen LogP contribution in [-0.4, -0.2) is 31.5 Å². The summed E-state index contributed by atoms with van der Waals surface area (Å²) in [6.45, 7) is 3.47. The van der Waals surface area contributed by atoms with Crippen LogP contribution in [0.15, 0.2) is 24.3 Å². The average molecular weight is 390 g/mol. The molecule has 0 spiro atoms. The van der Waals surface area contributed by atoms with Gasteiger partial charge in [0.25, 0.3) is 5.91 Å². The van der Waals surface area contributed by atoms with Crippen LogP contribution in [0.4, 0.5) is 5.00 Å². The van der Waals surface area contributed by atoms with Crippen LogP contribution < -0.4 is 15.8 Å². The second-order valence-electron chi connectivity index (χ2n) is 5.74. The van der Waals surface area contributed by atoms with E-state index in [0.717, 1.165) is 22.6 Å². The first-order valence-corrected chi connectivity index (χ1v) is 9.22. The Bertz CT molecular complexity index is 843. The smallest absolute Gasteiger partial charge is 0.341 e. The van der Waals surface area contributed by atoms with E-state index in [1.54, 1.807) is 21.0 Å². The summed E-state index contributed by atoms with van der Waals surface area (Å²) in [6.07, 6.45) is 0.745. The number of rotatable bonds is 8. The van der Waals surface area contributed by atoms with Gasteiger partial charge in [-0.3, -0.25) is 9.59 Å². The summed E-state index contributed by atoms with van der Waals surface area (Å²) < 4.78 is 10.1. The normalized spacial score (nSPS) is 10.3. The Morgan fingerprint density at radius 3 is 2.41 bits per heavy atom. The van der Waals surface area contributed by atoms with Gasteiger partial charge in [0.1, 0.15) is 10.8 Å². The van der Waals surface area contributed by atoms with Crippen molar-refractivity contribution in [2.45, 2.75) is 26.7 Å². The molecule has 1 aromatic carbocycles. The van der Waals surface area contributed by atoms with Gasteiger partial charge in [-0.15, -0.1) is 11.3 Å². The fourth-order valence-corrected chi connectivity index (χ4v) is 3.59. The van der Waals surface area contributed by atoms with Gasteiger partial charge in [0, 0.05) is 6.42 Å². The highest BCUT2D eigenvalue weighted by molar-refractivity contribution is 7.18. The van der Waals surface area contributed by atoms with Crippen molar-refractivity contribution in [1.82, 2.24) is 0 Å². The minimum Gasteiger partial charge on any atom is -0.497 e. The van der Waals surface area contributed by atoms with Crippen molar-refractivity contribution in [3.8, 4) is 5.75 Å². The van der Waals surface area contributed by atoms with Crippen LogP contribution in [0.5, 0.6) is 5.75 Å². The Morgan fingerprint density at radius 1 is 1.19 bits per heavy atom. The van der Waals surface area contributed by atoms with Gasteiger partial charge >= 0.3 is 5.97 Å². The molecule has 0 bridgehead atoms. The van der Waals surface area contributed by atoms with Gasteiger partial charge in [0.2, 0.25) is 5.91 Å². The van der Waals surface area contributed by atoms with E-state index in [1.807, 2.05) is 24.3 Å². The lowest BCUT2D eigenvalue weighted by Crippen LogP contribution is -2.15. The van der Waals surface area contributed by atoms with Crippen molar-refractivity contribution in [3.63, 3.8) is 0 Å². The fraction of sp³-hybridized carbons (Fsp3) is 0.316. The molecule has 0 saturated heterocycles. The number of esters is 1. The Balaban J connectivity index is 2.12. The van der Waals surface area contributed by atoms with Gasteiger partial charge in [0.15, 0.2) is 0 Å². The molecule has 2 rings (SSSR count). The van der Waals surface area contributed by atoms with E-state index in [9.17, 15) is 14.4 Å². The predicted octanol–water partition coefficient (Wildman–Crippen LogP) is 2.91. The van der Waals surface area contributed by atoms with Gasteiger partial charge in [0.05, 0.1) is 24.2 Å². The molecule has 0 aliphatic carbocycles. The topological polar surface area (TPSA) is 108 Å². The first-order chi connectivity index (χ1) is 12.9. The number of primary amides is 1.